The molecule has 1 N–H and O–H groups in total. The molecule has 3 rings (SSSR count). The van der Waals surface area contributed by atoms with E-state index in [0.717, 1.165) is 0 Å². The molecular weight excluding hydrogens is 284 g/mol. The average molecular weight is 302 g/mol. The average Bonchev–Trinajstić information content (AvgIpc) is 2.69. The first-order chi connectivity index (χ1) is 9.92. The van der Waals surface area contributed by atoms with Gasteiger partial charge in [-0.2, -0.15) is 8.42 Å². The van der Waals surface area contributed by atoms with Crippen molar-refractivity contribution in [3.8, 4) is 11.1 Å². The van der Waals surface area contributed by atoms with Crippen molar-refractivity contribution < 1.29 is 13.0 Å². The van der Waals surface area contributed by atoms with Gasteiger partial charge in [0, 0.05) is 5.41 Å². The molecule has 2 aromatic rings. The molecule has 0 bridgehead atoms. The van der Waals surface area contributed by atoms with Crippen LogP contribution in [0.2, 0.25) is 0 Å². The van der Waals surface area contributed by atoms with Gasteiger partial charge in [0.15, 0.2) is 0 Å². The Morgan fingerprint density at radius 1 is 0.952 bits per heavy atom. The molecule has 0 aliphatic heterocycles. The molecule has 1 aliphatic rings. The van der Waals surface area contributed by atoms with Gasteiger partial charge in [0.2, 0.25) is 0 Å². The maximum atomic E-state index is 11.0. The summed E-state index contributed by atoms with van der Waals surface area (Å²) in [5.41, 5.74) is 4.73. The molecule has 4 heteroatoms. The molecule has 0 aromatic heterocycles. The first-order valence-corrected chi connectivity index (χ1v) is 8.67. The lowest BCUT2D eigenvalue weighted by Crippen LogP contribution is -2.22. The number of fused-ring (bicyclic) bond motifs is 3. The Morgan fingerprint density at radius 3 is 1.90 bits per heavy atom. The van der Waals surface area contributed by atoms with Crippen molar-refractivity contribution >= 4 is 10.1 Å². The van der Waals surface area contributed by atoms with Gasteiger partial charge >= 0.3 is 0 Å². The SMILES string of the molecule is CC1(CCCS(=O)(=O)O)c2ccccc2-c2ccccc21. The van der Waals surface area contributed by atoms with Crippen LogP contribution in [0, 0.1) is 0 Å². The Kier molecular flexibility index (Phi) is 3.38. The van der Waals surface area contributed by atoms with Crippen LogP contribution in [0.25, 0.3) is 11.1 Å². The lowest BCUT2D eigenvalue weighted by atomic mass is 9.77. The van der Waals surface area contributed by atoms with Crippen LogP contribution in [0.15, 0.2) is 48.5 Å². The molecule has 0 heterocycles. The minimum Gasteiger partial charge on any atom is -0.286 e. The molecule has 0 unspecified atom stereocenters. The van der Waals surface area contributed by atoms with Gasteiger partial charge in [0.25, 0.3) is 10.1 Å². The molecule has 1 aliphatic carbocycles. The fourth-order valence-corrected chi connectivity index (χ4v) is 3.93. The summed E-state index contributed by atoms with van der Waals surface area (Å²) in [6, 6.07) is 16.5. The van der Waals surface area contributed by atoms with E-state index in [-0.39, 0.29) is 11.2 Å². The first-order valence-electron chi connectivity index (χ1n) is 7.06. The van der Waals surface area contributed by atoms with Crippen LogP contribution in [0.1, 0.15) is 30.9 Å². The standard InChI is InChI=1S/C17H18O3S/c1-17(11-6-12-21(18,19)20)15-9-4-2-7-13(15)14-8-3-5-10-16(14)17/h2-5,7-10H,6,11-12H2,1H3,(H,18,19,20). The van der Waals surface area contributed by atoms with Crippen molar-refractivity contribution in [1.29, 1.82) is 0 Å². The Hall–Kier alpha value is -1.65. The summed E-state index contributed by atoms with van der Waals surface area (Å²) in [4.78, 5) is 0. The van der Waals surface area contributed by atoms with E-state index in [1.807, 2.05) is 24.3 Å². The zero-order valence-corrected chi connectivity index (χ0v) is 12.7. The molecule has 110 valence electrons. The van der Waals surface area contributed by atoms with Crippen molar-refractivity contribution in [3.63, 3.8) is 0 Å². The smallest absolute Gasteiger partial charge is 0.264 e. The normalized spacial score (nSPS) is 15.5. The second kappa shape index (κ2) is 4.97. The summed E-state index contributed by atoms with van der Waals surface area (Å²) in [6.45, 7) is 2.15. The van der Waals surface area contributed by atoms with Crippen molar-refractivity contribution in [1.82, 2.24) is 0 Å². The van der Waals surface area contributed by atoms with Crippen LogP contribution in [0.5, 0.6) is 0 Å². The molecule has 3 nitrogen and oxygen atoms in total. The largest absolute Gasteiger partial charge is 0.286 e. The highest BCUT2D eigenvalue weighted by Crippen LogP contribution is 2.50. The third-order valence-electron chi connectivity index (χ3n) is 4.41. The van der Waals surface area contributed by atoms with E-state index < -0.39 is 10.1 Å². The predicted octanol–water partition coefficient (Wildman–Crippen LogP) is 3.64. The summed E-state index contributed by atoms with van der Waals surface area (Å²) in [5, 5.41) is 0. The lowest BCUT2D eigenvalue weighted by Gasteiger charge is -2.27. The van der Waals surface area contributed by atoms with E-state index in [1.165, 1.54) is 22.3 Å². The van der Waals surface area contributed by atoms with E-state index in [1.54, 1.807) is 0 Å². The molecule has 21 heavy (non-hydrogen) atoms. The molecule has 0 saturated carbocycles. The number of hydrogen-bond donors (Lipinski definition) is 1. The summed E-state index contributed by atoms with van der Waals surface area (Å²) >= 11 is 0. The van der Waals surface area contributed by atoms with Gasteiger partial charge in [-0.1, -0.05) is 55.5 Å². The molecule has 2 aromatic carbocycles. The van der Waals surface area contributed by atoms with E-state index >= 15 is 0 Å². The van der Waals surface area contributed by atoms with Gasteiger partial charge in [-0.15, -0.1) is 0 Å². The zero-order chi connectivity index (χ0) is 15.1. The second-order valence-corrected chi connectivity index (χ2v) is 7.38. The number of rotatable bonds is 4. The second-order valence-electron chi connectivity index (χ2n) is 5.81. The minimum absolute atomic E-state index is 0.188. The van der Waals surface area contributed by atoms with Crippen LogP contribution in [-0.2, 0) is 15.5 Å². The van der Waals surface area contributed by atoms with Crippen molar-refractivity contribution in [3.05, 3.63) is 59.7 Å². The summed E-state index contributed by atoms with van der Waals surface area (Å²) in [6.07, 6.45) is 1.14. The summed E-state index contributed by atoms with van der Waals surface area (Å²) in [5.74, 6) is -0.188. The third kappa shape index (κ3) is 2.49. The first kappa shape index (κ1) is 14.3. The lowest BCUT2D eigenvalue weighted by molar-refractivity contribution is 0.470. The van der Waals surface area contributed by atoms with Crippen molar-refractivity contribution in [2.45, 2.75) is 25.2 Å². The van der Waals surface area contributed by atoms with Crippen molar-refractivity contribution in [2.24, 2.45) is 0 Å². The Bertz CT molecular complexity index is 733. The van der Waals surface area contributed by atoms with Gasteiger partial charge in [-0.3, -0.25) is 4.55 Å². The van der Waals surface area contributed by atoms with E-state index in [2.05, 4.69) is 31.2 Å². The highest BCUT2D eigenvalue weighted by atomic mass is 32.2. The quantitative estimate of drug-likeness (QED) is 0.877. The molecule has 0 spiro atoms. The van der Waals surface area contributed by atoms with E-state index in [4.69, 9.17) is 4.55 Å². The fourth-order valence-electron chi connectivity index (χ4n) is 3.42. The van der Waals surface area contributed by atoms with Crippen LogP contribution < -0.4 is 0 Å². The minimum atomic E-state index is -3.90. The molecule has 0 amide bonds. The van der Waals surface area contributed by atoms with Crippen LogP contribution >= 0.6 is 0 Å². The maximum absolute atomic E-state index is 11.0. The predicted molar refractivity (Wildman–Crippen MR) is 84.0 cm³/mol. The molecule has 0 radical (unpaired) electrons. The summed E-state index contributed by atoms with van der Waals surface area (Å²) < 4.78 is 30.9. The number of hydrogen-bond acceptors (Lipinski definition) is 2. The van der Waals surface area contributed by atoms with Crippen molar-refractivity contribution in [2.75, 3.05) is 5.75 Å². The molecule has 0 atom stereocenters. The molecular formula is C17H18O3S. The van der Waals surface area contributed by atoms with Crippen LogP contribution in [0.4, 0.5) is 0 Å². The van der Waals surface area contributed by atoms with E-state index in [9.17, 15) is 8.42 Å². The third-order valence-corrected chi connectivity index (χ3v) is 5.22. The van der Waals surface area contributed by atoms with Gasteiger partial charge in [0.05, 0.1) is 5.75 Å². The van der Waals surface area contributed by atoms with Crippen LogP contribution in [-0.4, -0.2) is 18.7 Å². The molecule has 0 fully saturated rings. The monoisotopic (exact) mass is 302 g/mol. The maximum Gasteiger partial charge on any atom is 0.264 e. The Morgan fingerprint density at radius 2 is 1.43 bits per heavy atom. The zero-order valence-electron chi connectivity index (χ0n) is 11.9. The highest BCUT2D eigenvalue weighted by molar-refractivity contribution is 7.85. The van der Waals surface area contributed by atoms with Gasteiger partial charge in [-0.05, 0) is 35.1 Å². The fraction of sp³-hybridized carbons (Fsp3) is 0.294. The van der Waals surface area contributed by atoms with Gasteiger partial charge in [0.1, 0.15) is 0 Å². The topological polar surface area (TPSA) is 54.4 Å². The van der Waals surface area contributed by atoms with Gasteiger partial charge in [-0.25, -0.2) is 0 Å². The van der Waals surface area contributed by atoms with Crippen LogP contribution in [0.3, 0.4) is 0 Å². The Labute approximate surface area is 125 Å². The number of benzene rings is 2. The highest BCUT2D eigenvalue weighted by Gasteiger charge is 2.38. The summed E-state index contributed by atoms with van der Waals surface area (Å²) in [7, 11) is -3.90. The van der Waals surface area contributed by atoms with Gasteiger partial charge < -0.3 is 0 Å². The molecule has 0 saturated heterocycles. The Balaban J connectivity index is 2.01. The van der Waals surface area contributed by atoms with E-state index in [0.29, 0.717) is 12.8 Å².